The van der Waals surface area contributed by atoms with Gasteiger partial charge >= 0.3 is 0 Å². The molecule has 0 atom stereocenters. The molecular weight excluding hydrogens is 360 g/mol. The Balaban J connectivity index is 1.65. The number of aromatic nitrogens is 3. The molecular formula is C24H24N4O. The topological polar surface area (TPSA) is 51.9 Å². The van der Waals surface area contributed by atoms with Gasteiger partial charge < -0.3 is 9.88 Å². The summed E-state index contributed by atoms with van der Waals surface area (Å²) in [6.07, 6.45) is 4.65. The highest BCUT2D eigenvalue weighted by molar-refractivity contribution is 5.98. The third-order valence-corrected chi connectivity index (χ3v) is 4.93. The van der Waals surface area contributed by atoms with E-state index < -0.39 is 0 Å². The molecule has 5 heteroatoms. The number of nitrogens with one attached hydrogen (secondary N) is 1. The molecule has 4 aromatic rings. The number of rotatable bonds is 6. The molecule has 5 nitrogen and oxygen atoms in total. The van der Waals surface area contributed by atoms with Crippen LogP contribution >= 0.6 is 0 Å². The molecule has 0 saturated carbocycles. The van der Waals surface area contributed by atoms with Crippen LogP contribution in [-0.2, 0) is 6.42 Å². The van der Waals surface area contributed by atoms with Gasteiger partial charge in [0.1, 0.15) is 5.56 Å². The van der Waals surface area contributed by atoms with Crippen LogP contribution in [0.2, 0.25) is 0 Å². The van der Waals surface area contributed by atoms with Crippen molar-refractivity contribution in [2.24, 2.45) is 0 Å². The Morgan fingerprint density at radius 2 is 1.62 bits per heavy atom. The standard InChI is InChI=1S/C24H24N4O/c1-18-10-12-21(13-11-18)28-24(27-16-6-7-17-27)22(19(2)26-28)23(29)25-15-14-20-8-4-3-5-9-20/h3-13,16-17H,14-15H2,1-2H3,(H,25,29). The summed E-state index contributed by atoms with van der Waals surface area (Å²) in [4.78, 5) is 13.1. The smallest absolute Gasteiger partial charge is 0.257 e. The van der Waals surface area contributed by atoms with Crippen molar-refractivity contribution in [3.05, 3.63) is 102 Å². The number of amides is 1. The summed E-state index contributed by atoms with van der Waals surface area (Å²) >= 11 is 0. The molecule has 1 amide bonds. The number of aryl methyl sites for hydroxylation is 2. The van der Waals surface area contributed by atoms with E-state index in [9.17, 15) is 4.79 Å². The summed E-state index contributed by atoms with van der Waals surface area (Å²) in [5.41, 5.74) is 4.59. The van der Waals surface area contributed by atoms with E-state index in [1.54, 1.807) is 0 Å². The lowest BCUT2D eigenvalue weighted by atomic mass is 10.1. The average Bonchev–Trinajstić information content (AvgIpc) is 3.37. The molecule has 0 bridgehead atoms. The minimum atomic E-state index is -0.111. The van der Waals surface area contributed by atoms with E-state index in [1.807, 2.05) is 83.2 Å². The molecule has 29 heavy (non-hydrogen) atoms. The van der Waals surface area contributed by atoms with E-state index in [2.05, 4.69) is 29.5 Å². The highest BCUT2D eigenvalue weighted by Crippen LogP contribution is 2.23. The first-order valence-electron chi connectivity index (χ1n) is 9.75. The predicted octanol–water partition coefficient (Wildman–Crippen LogP) is 4.25. The first kappa shape index (κ1) is 18.7. The molecule has 0 saturated heterocycles. The molecule has 2 aromatic carbocycles. The zero-order valence-electron chi connectivity index (χ0n) is 16.7. The van der Waals surface area contributed by atoms with Crippen LogP contribution in [0.4, 0.5) is 0 Å². The summed E-state index contributed by atoms with van der Waals surface area (Å²) in [6, 6.07) is 22.2. The van der Waals surface area contributed by atoms with Gasteiger partial charge in [-0.3, -0.25) is 4.79 Å². The average molecular weight is 384 g/mol. The fraction of sp³-hybridized carbons (Fsp3) is 0.167. The van der Waals surface area contributed by atoms with Crippen LogP contribution in [0, 0.1) is 13.8 Å². The van der Waals surface area contributed by atoms with Crippen molar-refractivity contribution in [2.45, 2.75) is 20.3 Å². The van der Waals surface area contributed by atoms with Crippen molar-refractivity contribution in [1.82, 2.24) is 19.7 Å². The molecule has 0 fully saturated rings. The van der Waals surface area contributed by atoms with E-state index in [0.717, 1.165) is 17.9 Å². The Hall–Kier alpha value is -3.60. The van der Waals surface area contributed by atoms with Gasteiger partial charge in [-0.25, -0.2) is 4.68 Å². The number of hydrogen-bond acceptors (Lipinski definition) is 2. The minimum absolute atomic E-state index is 0.111. The molecule has 0 spiro atoms. The highest BCUT2D eigenvalue weighted by atomic mass is 16.1. The molecule has 2 aromatic heterocycles. The number of nitrogens with zero attached hydrogens (tertiary/aromatic N) is 3. The third kappa shape index (κ3) is 3.99. The molecule has 0 aliphatic carbocycles. The van der Waals surface area contributed by atoms with Gasteiger partial charge in [0.2, 0.25) is 0 Å². The molecule has 146 valence electrons. The highest BCUT2D eigenvalue weighted by Gasteiger charge is 2.23. The predicted molar refractivity (Wildman–Crippen MR) is 115 cm³/mol. The quantitative estimate of drug-likeness (QED) is 0.540. The van der Waals surface area contributed by atoms with Gasteiger partial charge in [-0.15, -0.1) is 0 Å². The maximum atomic E-state index is 13.1. The van der Waals surface area contributed by atoms with Gasteiger partial charge in [0.05, 0.1) is 11.4 Å². The molecule has 1 N–H and O–H groups in total. The Labute approximate surface area is 170 Å². The largest absolute Gasteiger partial charge is 0.352 e. The summed E-state index contributed by atoms with van der Waals surface area (Å²) in [6.45, 7) is 4.50. The molecule has 0 aliphatic rings. The van der Waals surface area contributed by atoms with Gasteiger partial charge in [0, 0.05) is 18.9 Å². The minimum Gasteiger partial charge on any atom is -0.352 e. The van der Waals surface area contributed by atoms with Crippen molar-refractivity contribution < 1.29 is 4.79 Å². The van der Waals surface area contributed by atoms with Crippen molar-refractivity contribution in [1.29, 1.82) is 0 Å². The molecule has 0 radical (unpaired) electrons. The zero-order valence-corrected chi connectivity index (χ0v) is 16.7. The van der Waals surface area contributed by atoms with Crippen LogP contribution in [0.1, 0.15) is 27.2 Å². The first-order chi connectivity index (χ1) is 14.1. The molecule has 2 heterocycles. The number of hydrogen-bond donors (Lipinski definition) is 1. The fourth-order valence-corrected chi connectivity index (χ4v) is 3.41. The van der Waals surface area contributed by atoms with Crippen LogP contribution in [-0.4, -0.2) is 26.8 Å². The Morgan fingerprint density at radius 3 is 2.31 bits per heavy atom. The van der Waals surface area contributed by atoms with Crippen molar-refractivity contribution in [3.63, 3.8) is 0 Å². The van der Waals surface area contributed by atoms with E-state index in [4.69, 9.17) is 0 Å². The molecule has 0 unspecified atom stereocenters. The zero-order chi connectivity index (χ0) is 20.2. The third-order valence-electron chi connectivity index (χ3n) is 4.93. The Bertz CT molecular complexity index is 1090. The van der Waals surface area contributed by atoms with Gasteiger partial charge in [-0.05, 0) is 50.1 Å². The lowest BCUT2D eigenvalue weighted by Gasteiger charge is -2.11. The van der Waals surface area contributed by atoms with E-state index in [0.29, 0.717) is 17.8 Å². The van der Waals surface area contributed by atoms with Crippen molar-refractivity contribution >= 4 is 5.91 Å². The Morgan fingerprint density at radius 1 is 0.931 bits per heavy atom. The van der Waals surface area contributed by atoms with Crippen LogP contribution in [0.5, 0.6) is 0 Å². The number of benzene rings is 2. The van der Waals surface area contributed by atoms with Crippen molar-refractivity contribution in [3.8, 4) is 11.5 Å². The normalized spacial score (nSPS) is 10.8. The van der Waals surface area contributed by atoms with Crippen LogP contribution in [0.3, 0.4) is 0 Å². The van der Waals surface area contributed by atoms with E-state index in [1.165, 1.54) is 11.1 Å². The van der Waals surface area contributed by atoms with Crippen LogP contribution in [0.25, 0.3) is 11.5 Å². The van der Waals surface area contributed by atoms with Crippen LogP contribution < -0.4 is 5.32 Å². The summed E-state index contributed by atoms with van der Waals surface area (Å²) in [7, 11) is 0. The Kier molecular flexibility index (Phi) is 5.29. The monoisotopic (exact) mass is 384 g/mol. The van der Waals surface area contributed by atoms with E-state index in [-0.39, 0.29) is 5.91 Å². The fourth-order valence-electron chi connectivity index (χ4n) is 3.41. The molecule has 4 rings (SSSR count). The summed E-state index contributed by atoms with van der Waals surface area (Å²) in [5, 5.41) is 7.75. The second-order valence-electron chi connectivity index (χ2n) is 7.11. The summed E-state index contributed by atoms with van der Waals surface area (Å²) < 4.78 is 3.77. The molecule has 0 aliphatic heterocycles. The van der Waals surface area contributed by atoms with E-state index >= 15 is 0 Å². The van der Waals surface area contributed by atoms with Gasteiger partial charge in [0.15, 0.2) is 5.82 Å². The van der Waals surface area contributed by atoms with Gasteiger partial charge in [0.25, 0.3) is 5.91 Å². The lowest BCUT2D eigenvalue weighted by molar-refractivity contribution is 0.0953. The van der Waals surface area contributed by atoms with Gasteiger partial charge in [-0.1, -0.05) is 48.0 Å². The summed E-state index contributed by atoms with van der Waals surface area (Å²) in [5.74, 6) is 0.633. The van der Waals surface area contributed by atoms with Crippen LogP contribution in [0.15, 0.2) is 79.1 Å². The SMILES string of the molecule is Cc1ccc(-n2nc(C)c(C(=O)NCCc3ccccc3)c2-n2cccc2)cc1. The number of carbonyl (C=O) groups is 1. The lowest BCUT2D eigenvalue weighted by Crippen LogP contribution is -2.27. The number of carbonyl (C=O) groups excluding carboxylic acids is 1. The maximum Gasteiger partial charge on any atom is 0.257 e. The van der Waals surface area contributed by atoms with Gasteiger partial charge in [-0.2, -0.15) is 5.10 Å². The van der Waals surface area contributed by atoms with Crippen molar-refractivity contribution in [2.75, 3.05) is 6.54 Å². The first-order valence-corrected chi connectivity index (χ1v) is 9.75. The second kappa shape index (κ2) is 8.19. The maximum absolute atomic E-state index is 13.1. The second-order valence-corrected chi connectivity index (χ2v) is 7.11.